The van der Waals surface area contributed by atoms with Crippen LogP contribution in [-0.2, 0) is 25.7 Å². The molecule has 3 rings (SSSR count). The zero-order valence-electron chi connectivity index (χ0n) is 22.9. The molecular weight excluding hydrogens is 520 g/mol. The number of aliphatic hydroxyl groups excluding tert-OH is 1. The van der Waals surface area contributed by atoms with Crippen molar-refractivity contribution in [1.82, 2.24) is 20.5 Å². The van der Waals surface area contributed by atoms with Crippen LogP contribution in [0.4, 0.5) is 0 Å². The second-order valence-electron chi connectivity index (χ2n) is 11.0. The van der Waals surface area contributed by atoms with E-state index in [4.69, 9.17) is 5.11 Å². The monoisotopic (exact) mass is 558 g/mol. The second-order valence-corrected chi connectivity index (χ2v) is 11.9. The van der Waals surface area contributed by atoms with Gasteiger partial charge in [-0.05, 0) is 36.3 Å². The number of carbonyl (C=O) groups is 4. The van der Waals surface area contributed by atoms with Crippen molar-refractivity contribution in [2.75, 3.05) is 6.54 Å². The first-order valence-electron chi connectivity index (χ1n) is 13.1. The number of amides is 3. The van der Waals surface area contributed by atoms with E-state index in [2.05, 4.69) is 15.6 Å². The zero-order chi connectivity index (χ0) is 28.7. The number of β-amino-alcohol motifs (C(OH)–C–C–N with tert-alkyl or cyclic N) is 1. The molecule has 212 valence electrons. The average molecular weight is 559 g/mol. The van der Waals surface area contributed by atoms with Crippen molar-refractivity contribution in [3.05, 3.63) is 41.0 Å². The molecule has 3 amide bonds. The lowest BCUT2D eigenvalue weighted by Crippen LogP contribution is -2.57. The SMILES string of the molecule is Cc1ncsc1-c1ccc(CNC(=O)C2C[C@@H](O)CN2C(=O)[C@@H](NC(=O)CCCCC(=O)O)C(C)(C)C)cc1. The summed E-state index contributed by atoms with van der Waals surface area (Å²) in [6.45, 7) is 7.69. The number of nitrogens with one attached hydrogen (secondary N) is 2. The van der Waals surface area contributed by atoms with Crippen molar-refractivity contribution in [2.24, 2.45) is 5.41 Å². The number of aliphatic hydroxyl groups is 1. The van der Waals surface area contributed by atoms with Gasteiger partial charge in [0.1, 0.15) is 12.1 Å². The fraction of sp³-hybridized carbons (Fsp3) is 0.536. The van der Waals surface area contributed by atoms with Crippen LogP contribution in [0.2, 0.25) is 0 Å². The molecule has 2 aromatic rings. The van der Waals surface area contributed by atoms with Crippen molar-refractivity contribution >= 4 is 35.0 Å². The third kappa shape index (κ3) is 8.34. The third-order valence-electron chi connectivity index (χ3n) is 6.76. The number of aryl methyl sites for hydroxylation is 1. The summed E-state index contributed by atoms with van der Waals surface area (Å²) in [5.74, 6) is -2.07. The van der Waals surface area contributed by atoms with Crippen molar-refractivity contribution in [1.29, 1.82) is 0 Å². The lowest BCUT2D eigenvalue weighted by molar-refractivity contribution is -0.144. The molecule has 1 fully saturated rings. The Bertz CT molecular complexity index is 1170. The molecule has 1 aliphatic rings. The number of likely N-dealkylation sites (tertiary alicyclic amines) is 1. The van der Waals surface area contributed by atoms with Crippen LogP contribution in [0.1, 0.15) is 64.1 Å². The lowest BCUT2D eigenvalue weighted by atomic mass is 9.85. The van der Waals surface area contributed by atoms with Crippen LogP contribution in [0, 0.1) is 12.3 Å². The zero-order valence-corrected chi connectivity index (χ0v) is 23.7. The maximum absolute atomic E-state index is 13.6. The first kappa shape index (κ1) is 30.2. The van der Waals surface area contributed by atoms with Gasteiger partial charge < -0.3 is 25.7 Å². The number of aliphatic carboxylic acids is 1. The van der Waals surface area contributed by atoms with Gasteiger partial charge in [0, 0.05) is 32.4 Å². The van der Waals surface area contributed by atoms with E-state index in [1.54, 1.807) is 16.8 Å². The van der Waals surface area contributed by atoms with E-state index in [1.165, 1.54) is 4.90 Å². The summed E-state index contributed by atoms with van der Waals surface area (Å²) in [6.07, 6.45) is 0.0982. The number of benzene rings is 1. The number of carboxylic acids is 1. The molecule has 3 atom stereocenters. The normalized spacial score (nSPS) is 18.0. The van der Waals surface area contributed by atoms with Crippen molar-refractivity contribution in [3.8, 4) is 10.4 Å². The van der Waals surface area contributed by atoms with Crippen LogP contribution in [-0.4, -0.2) is 68.5 Å². The molecular formula is C28H38N4O6S. The summed E-state index contributed by atoms with van der Waals surface area (Å²) in [6, 6.07) is 6.06. The standard InChI is InChI=1S/C28H38N4O6S/c1-17-24(39-16-30-17)19-11-9-18(10-12-19)14-29-26(37)21-13-20(33)15-32(21)27(38)25(28(2,3)4)31-22(34)7-5-6-8-23(35)36/h9-12,16,20-21,25,33H,5-8,13-15H2,1-4H3,(H,29,37)(H,31,34)(H,35,36)/t20-,21?,25-/m1/s1. The Morgan fingerprint density at radius 3 is 2.38 bits per heavy atom. The van der Waals surface area contributed by atoms with Gasteiger partial charge in [-0.15, -0.1) is 11.3 Å². The number of carboxylic acid groups (broad SMARTS) is 1. The van der Waals surface area contributed by atoms with Crippen molar-refractivity contribution in [3.63, 3.8) is 0 Å². The highest BCUT2D eigenvalue weighted by molar-refractivity contribution is 7.13. The molecule has 1 unspecified atom stereocenters. The topological polar surface area (TPSA) is 149 Å². The van der Waals surface area contributed by atoms with Crippen LogP contribution in [0.25, 0.3) is 10.4 Å². The van der Waals surface area contributed by atoms with Crippen LogP contribution in [0.5, 0.6) is 0 Å². The molecule has 11 heteroatoms. The number of hydrogen-bond donors (Lipinski definition) is 4. The Balaban J connectivity index is 1.62. The Kier molecular flexibility index (Phi) is 10.2. The molecule has 2 heterocycles. The molecule has 0 aliphatic carbocycles. The summed E-state index contributed by atoms with van der Waals surface area (Å²) < 4.78 is 0. The van der Waals surface area contributed by atoms with Gasteiger partial charge in [-0.2, -0.15) is 0 Å². The maximum atomic E-state index is 13.6. The third-order valence-corrected chi connectivity index (χ3v) is 7.73. The second kappa shape index (κ2) is 13.2. The van der Waals surface area contributed by atoms with Crippen LogP contribution in [0.3, 0.4) is 0 Å². The lowest BCUT2D eigenvalue weighted by Gasteiger charge is -2.35. The molecule has 0 radical (unpaired) electrons. The first-order valence-corrected chi connectivity index (χ1v) is 14.0. The van der Waals surface area contributed by atoms with Crippen molar-refractivity contribution in [2.45, 2.75) is 84.5 Å². The van der Waals surface area contributed by atoms with Gasteiger partial charge in [-0.3, -0.25) is 19.2 Å². The number of aromatic nitrogens is 1. The molecule has 1 aromatic carbocycles. The highest BCUT2D eigenvalue weighted by Gasteiger charge is 2.44. The quantitative estimate of drug-likeness (QED) is 0.310. The molecule has 1 saturated heterocycles. The van der Waals surface area contributed by atoms with Crippen LogP contribution in [0.15, 0.2) is 29.8 Å². The molecule has 1 aromatic heterocycles. The van der Waals surface area contributed by atoms with Gasteiger partial charge in [0.15, 0.2) is 0 Å². The van der Waals surface area contributed by atoms with Gasteiger partial charge >= 0.3 is 5.97 Å². The number of carbonyl (C=O) groups excluding carboxylic acids is 3. The number of nitrogens with zero attached hydrogens (tertiary/aromatic N) is 2. The summed E-state index contributed by atoms with van der Waals surface area (Å²) in [4.78, 5) is 56.7. The Morgan fingerprint density at radius 1 is 1.13 bits per heavy atom. The maximum Gasteiger partial charge on any atom is 0.303 e. The van der Waals surface area contributed by atoms with Gasteiger partial charge in [-0.1, -0.05) is 45.0 Å². The number of rotatable bonds is 11. The fourth-order valence-electron chi connectivity index (χ4n) is 4.58. The van der Waals surface area contributed by atoms with E-state index in [0.29, 0.717) is 12.8 Å². The molecule has 10 nitrogen and oxygen atoms in total. The molecule has 4 N–H and O–H groups in total. The highest BCUT2D eigenvalue weighted by atomic mass is 32.1. The van der Waals surface area contributed by atoms with E-state index in [-0.39, 0.29) is 44.2 Å². The van der Waals surface area contributed by atoms with Crippen LogP contribution >= 0.6 is 11.3 Å². The highest BCUT2D eigenvalue weighted by Crippen LogP contribution is 2.28. The predicted molar refractivity (Wildman–Crippen MR) is 148 cm³/mol. The average Bonchev–Trinajstić information content (AvgIpc) is 3.48. The van der Waals surface area contributed by atoms with E-state index in [0.717, 1.165) is 21.7 Å². The summed E-state index contributed by atoms with van der Waals surface area (Å²) >= 11 is 1.57. The molecule has 39 heavy (non-hydrogen) atoms. The molecule has 0 saturated carbocycles. The summed E-state index contributed by atoms with van der Waals surface area (Å²) in [5.41, 5.74) is 4.07. The smallest absolute Gasteiger partial charge is 0.303 e. The van der Waals surface area contributed by atoms with E-state index in [1.807, 2.05) is 52.0 Å². The van der Waals surface area contributed by atoms with E-state index in [9.17, 15) is 24.3 Å². The first-order chi connectivity index (χ1) is 18.4. The minimum absolute atomic E-state index is 0.000872. The summed E-state index contributed by atoms with van der Waals surface area (Å²) in [7, 11) is 0. The van der Waals surface area contributed by atoms with Crippen LogP contribution < -0.4 is 10.6 Å². The van der Waals surface area contributed by atoms with E-state index < -0.39 is 35.5 Å². The van der Waals surface area contributed by atoms with Gasteiger partial charge in [-0.25, -0.2) is 4.98 Å². The Morgan fingerprint density at radius 2 is 1.79 bits per heavy atom. The minimum Gasteiger partial charge on any atom is -0.481 e. The number of hydrogen-bond acceptors (Lipinski definition) is 7. The number of thiazole rings is 1. The number of unbranched alkanes of at least 4 members (excludes halogenated alkanes) is 1. The van der Waals surface area contributed by atoms with Crippen molar-refractivity contribution < 1.29 is 29.4 Å². The van der Waals surface area contributed by atoms with Gasteiger partial charge in [0.05, 0.1) is 22.2 Å². The molecule has 1 aliphatic heterocycles. The molecule has 0 bridgehead atoms. The predicted octanol–water partition coefficient (Wildman–Crippen LogP) is 2.87. The van der Waals surface area contributed by atoms with Gasteiger partial charge in [0.25, 0.3) is 0 Å². The largest absolute Gasteiger partial charge is 0.481 e. The Hall–Kier alpha value is -3.31. The summed E-state index contributed by atoms with van der Waals surface area (Å²) in [5, 5.41) is 24.8. The minimum atomic E-state index is -0.918. The Labute approximate surface area is 232 Å². The fourth-order valence-corrected chi connectivity index (χ4v) is 5.39. The van der Waals surface area contributed by atoms with Gasteiger partial charge in [0.2, 0.25) is 17.7 Å². The van der Waals surface area contributed by atoms with E-state index >= 15 is 0 Å². The molecule has 0 spiro atoms.